The molecule has 5 heteroatoms. The fourth-order valence-electron chi connectivity index (χ4n) is 2.76. The molecule has 2 rings (SSSR count). The third-order valence-electron chi connectivity index (χ3n) is 3.69. The van der Waals surface area contributed by atoms with E-state index in [1.165, 1.54) is 12.8 Å². The normalized spacial score (nSPS) is 19.7. The minimum absolute atomic E-state index is 0.273. The van der Waals surface area contributed by atoms with Gasteiger partial charge in [0, 0.05) is 25.4 Å². The van der Waals surface area contributed by atoms with Crippen molar-refractivity contribution in [3.63, 3.8) is 0 Å². The molecule has 1 aromatic heterocycles. The van der Waals surface area contributed by atoms with E-state index in [9.17, 15) is 0 Å². The third-order valence-corrected chi connectivity index (χ3v) is 3.89. The number of thiocarbonyl (C=S) groups is 1. The molecule has 104 valence electrons. The highest BCUT2D eigenvalue weighted by Gasteiger charge is 2.24. The SMILES string of the molecule is NC(=S)c1ncccc1CN1CCCC1CCCO. The number of hydrogen-bond acceptors (Lipinski definition) is 4. The van der Waals surface area contributed by atoms with Crippen molar-refractivity contribution in [2.75, 3.05) is 13.2 Å². The molecule has 0 saturated carbocycles. The maximum atomic E-state index is 8.96. The van der Waals surface area contributed by atoms with E-state index in [2.05, 4.69) is 9.88 Å². The van der Waals surface area contributed by atoms with E-state index in [1.807, 2.05) is 12.1 Å². The lowest BCUT2D eigenvalue weighted by Gasteiger charge is -2.25. The van der Waals surface area contributed by atoms with Crippen LogP contribution in [0.15, 0.2) is 18.3 Å². The highest BCUT2D eigenvalue weighted by molar-refractivity contribution is 7.80. The molecule has 19 heavy (non-hydrogen) atoms. The predicted molar refractivity (Wildman–Crippen MR) is 79.9 cm³/mol. The molecule has 1 aromatic rings. The van der Waals surface area contributed by atoms with Crippen LogP contribution in [0.3, 0.4) is 0 Å². The van der Waals surface area contributed by atoms with Crippen LogP contribution < -0.4 is 5.73 Å². The van der Waals surface area contributed by atoms with E-state index in [0.29, 0.717) is 11.0 Å². The summed E-state index contributed by atoms with van der Waals surface area (Å²) in [4.78, 5) is 7.09. The topological polar surface area (TPSA) is 62.4 Å². The standard InChI is InChI=1S/C14H21N3OS/c15-14(19)13-11(4-1-7-16-13)10-17-8-2-5-12(17)6-3-9-18/h1,4,7,12,18H,2-3,5-6,8-10H2,(H2,15,19). The summed E-state index contributed by atoms with van der Waals surface area (Å²) in [6.07, 6.45) is 6.09. The predicted octanol–water partition coefficient (Wildman–Crippen LogP) is 1.45. The highest BCUT2D eigenvalue weighted by Crippen LogP contribution is 2.24. The summed E-state index contributed by atoms with van der Waals surface area (Å²) in [5.74, 6) is 0. The summed E-state index contributed by atoms with van der Waals surface area (Å²) in [6, 6.07) is 4.53. The van der Waals surface area contributed by atoms with Crippen molar-refractivity contribution in [3.8, 4) is 0 Å². The van der Waals surface area contributed by atoms with Crippen molar-refractivity contribution in [1.29, 1.82) is 0 Å². The number of nitrogens with zero attached hydrogens (tertiary/aromatic N) is 2. The Bertz CT molecular complexity index is 438. The first-order valence-electron chi connectivity index (χ1n) is 6.81. The van der Waals surface area contributed by atoms with Crippen LogP contribution in [0.4, 0.5) is 0 Å². The van der Waals surface area contributed by atoms with Crippen molar-refractivity contribution in [3.05, 3.63) is 29.6 Å². The van der Waals surface area contributed by atoms with Gasteiger partial charge in [0.25, 0.3) is 0 Å². The van der Waals surface area contributed by atoms with Gasteiger partial charge in [-0.1, -0.05) is 18.3 Å². The van der Waals surface area contributed by atoms with Crippen LogP contribution in [0.5, 0.6) is 0 Å². The van der Waals surface area contributed by atoms with Crippen molar-refractivity contribution in [1.82, 2.24) is 9.88 Å². The zero-order valence-electron chi connectivity index (χ0n) is 11.1. The van der Waals surface area contributed by atoms with E-state index < -0.39 is 0 Å². The minimum atomic E-state index is 0.273. The summed E-state index contributed by atoms with van der Waals surface area (Å²) < 4.78 is 0. The molecule has 0 spiro atoms. The quantitative estimate of drug-likeness (QED) is 0.772. The Hall–Kier alpha value is -1.04. The summed E-state index contributed by atoms with van der Waals surface area (Å²) in [6.45, 7) is 2.22. The van der Waals surface area contributed by atoms with Gasteiger partial charge in [-0.25, -0.2) is 0 Å². The smallest absolute Gasteiger partial charge is 0.123 e. The van der Waals surface area contributed by atoms with Crippen molar-refractivity contribution < 1.29 is 5.11 Å². The Kier molecular flexibility index (Phi) is 5.24. The van der Waals surface area contributed by atoms with Gasteiger partial charge in [0.2, 0.25) is 0 Å². The Morgan fingerprint density at radius 1 is 1.58 bits per heavy atom. The summed E-state index contributed by atoms with van der Waals surface area (Å²) in [7, 11) is 0. The summed E-state index contributed by atoms with van der Waals surface area (Å²) in [5, 5.41) is 8.96. The van der Waals surface area contributed by atoms with Gasteiger partial charge in [-0.05, 0) is 43.9 Å². The molecule has 1 aliphatic rings. The van der Waals surface area contributed by atoms with Crippen LogP contribution in [0.1, 0.15) is 36.9 Å². The van der Waals surface area contributed by atoms with Gasteiger partial charge in [-0.15, -0.1) is 0 Å². The van der Waals surface area contributed by atoms with Gasteiger partial charge in [-0.3, -0.25) is 9.88 Å². The zero-order valence-corrected chi connectivity index (χ0v) is 11.9. The van der Waals surface area contributed by atoms with E-state index in [-0.39, 0.29) is 6.61 Å². The van der Waals surface area contributed by atoms with Crippen LogP contribution in [-0.2, 0) is 6.54 Å². The van der Waals surface area contributed by atoms with Crippen LogP contribution in [0.25, 0.3) is 0 Å². The van der Waals surface area contributed by atoms with Crippen LogP contribution in [-0.4, -0.2) is 39.2 Å². The molecule has 0 bridgehead atoms. The van der Waals surface area contributed by atoms with Gasteiger partial charge >= 0.3 is 0 Å². The van der Waals surface area contributed by atoms with Gasteiger partial charge in [0.1, 0.15) is 10.7 Å². The molecular weight excluding hydrogens is 258 g/mol. The average molecular weight is 279 g/mol. The van der Waals surface area contributed by atoms with E-state index in [4.69, 9.17) is 23.1 Å². The molecule has 0 radical (unpaired) electrons. The zero-order chi connectivity index (χ0) is 13.7. The monoisotopic (exact) mass is 279 g/mol. The van der Waals surface area contributed by atoms with Crippen molar-refractivity contribution in [2.45, 2.75) is 38.3 Å². The first-order chi connectivity index (χ1) is 9.22. The van der Waals surface area contributed by atoms with Crippen LogP contribution >= 0.6 is 12.2 Å². The largest absolute Gasteiger partial charge is 0.396 e. The van der Waals surface area contributed by atoms with Gasteiger partial charge < -0.3 is 10.8 Å². The molecule has 2 heterocycles. The van der Waals surface area contributed by atoms with E-state index in [0.717, 1.165) is 37.2 Å². The van der Waals surface area contributed by atoms with Crippen LogP contribution in [0, 0.1) is 0 Å². The molecule has 3 N–H and O–H groups in total. The second kappa shape index (κ2) is 6.93. The Labute approximate surface area is 119 Å². The lowest BCUT2D eigenvalue weighted by atomic mass is 10.1. The molecule has 4 nitrogen and oxygen atoms in total. The molecular formula is C14H21N3OS. The fourth-order valence-corrected chi connectivity index (χ4v) is 2.95. The summed E-state index contributed by atoms with van der Waals surface area (Å²) >= 11 is 5.05. The Morgan fingerprint density at radius 3 is 3.16 bits per heavy atom. The number of pyridine rings is 1. The van der Waals surface area contributed by atoms with Crippen LogP contribution in [0.2, 0.25) is 0 Å². The van der Waals surface area contributed by atoms with Crippen molar-refractivity contribution in [2.24, 2.45) is 5.73 Å². The number of aromatic nitrogens is 1. The fraction of sp³-hybridized carbons (Fsp3) is 0.571. The maximum Gasteiger partial charge on any atom is 0.123 e. The van der Waals surface area contributed by atoms with Gasteiger partial charge in [-0.2, -0.15) is 0 Å². The summed E-state index contributed by atoms with van der Waals surface area (Å²) in [5.41, 5.74) is 7.56. The second-order valence-electron chi connectivity index (χ2n) is 5.01. The first kappa shape index (κ1) is 14.4. The highest BCUT2D eigenvalue weighted by atomic mass is 32.1. The molecule has 0 aromatic carbocycles. The number of nitrogens with two attached hydrogens (primary N) is 1. The minimum Gasteiger partial charge on any atom is -0.396 e. The Balaban J connectivity index is 2.05. The molecule has 1 unspecified atom stereocenters. The number of likely N-dealkylation sites (tertiary alicyclic amines) is 1. The van der Waals surface area contributed by atoms with Gasteiger partial charge in [0.15, 0.2) is 0 Å². The number of hydrogen-bond donors (Lipinski definition) is 2. The lowest BCUT2D eigenvalue weighted by molar-refractivity contribution is 0.210. The first-order valence-corrected chi connectivity index (χ1v) is 7.22. The molecule has 1 saturated heterocycles. The molecule has 0 aliphatic carbocycles. The third kappa shape index (κ3) is 3.72. The Morgan fingerprint density at radius 2 is 2.42 bits per heavy atom. The van der Waals surface area contributed by atoms with E-state index in [1.54, 1.807) is 6.20 Å². The molecule has 0 amide bonds. The maximum absolute atomic E-state index is 8.96. The van der Waals surface area contributed by atoms with E-state index >= 15 is 0 Å². The molecule has 1 aliphatic heterocycles. The average Bonchev–Trinajstić information content (AvgIpc) is 2.84. The lowest BCUT2D eigenvalue weighted by Crippen LogP contribution is -2.30. The van der Waals surface area contributed by atoms with Crippen molar-refractivity contribution >= 4 is 17.2 Å². The number of aliphatic hydroxyl groups is 1. The molecule has 1 fully saturated rings. The van der Waals surface area contributed by atoms with Gasteiger partial charge in [0.05, 0.1) is 0 Å². The number of aliphatic hydroxyl groups excluding tert-OH is 1. The second-order valence-corrected chi connectivity index (χ2v) is 5.45. The number of rotatable bonds is 6. The molecule has 1 atom stereocenters.